The highest BCUT2D eigenvalue weighted by Gasteiger charge is 2.22. The highest BCUT2D eigenvalue weighted by atomic mass is 16.6. The molecule has 0 saturated carbocycles. The van der Waals surface area contributed by atoms with Gasteiger partial charge in [0.2, 0.25) is 0 Å². The molecule has 1 aromatic rings. The van der Waals surface area contributed by atoms with E-state index in [1.165, 1.54) is 38.2 Å². The van der Waals surface area contributed by atoms with E-state index >= 15 is 0 Å². The van der Waals surface area contributed by atoms with Gasteiger partial charge in [0, 0.05) is 12.1 Å². The molecular weight excluding hydrogens is 408 g/mol. The van der Waals surface area contributed by atoms with Crippen LogP contribution in [0.4, 0.5) is 4.79 Å². The van der Waals surface area contributed by atoms with E-state index in [9.17, 15) is 20.1 Å². The summed E-state index contributed by atoms with van der Waals surface area (Å²) >= 11 is 0. The first-order valence-corrected chi connectivity index (χ1v) is 11.9. The Morgan fingerprint density at radius 2 is 1.44 bits per heavy atom. The lowest BCUT2D eigenvalue weighted by Gasteiger charge is -2.26. The van der Waals surface area contributed by atoms with Crippen molar-refractivity contribution in [1.29, 1.82) is 0 Å². The molecule has 1 rings (SSSR count). The molecule has 0 heterocycles. The van der Waals surface area contributed by atoms with Crippen LogP contribution in [0.25, 0.3) is 0 Å². The van der Waals surface area contributed by atoms with Gasteiger partial charge >= 0.3 is 6.09 Å². The first-order chi connectivity index (χ1) is 15.0. The molecule has 32 heavy (non-hydrogen) atoms. The molecule has 0 aromatic heterocycles. The number of unbranched alkanes of at least 4 members (excludes halogenated alkanes) is 8. The maximum Gasteiger partial charge on any atom is 0.407 e. The van der Waals surface area contributed by atoms with E-state index in [2.05, 4.69) is 10.6 Å². The molecule has 1 atom stereocenters. The zero-order chi connectivity index (χ0) is 24.0. The van der Waals surface area contributed by atoms with Crippen LogP contribution < -0.4 is 10.6 Å². The van der Waals surface area contributed by atoms with Gasteiger partial charge in [-0.25, -0.2) is 4.79 Å². The Labute approximate surface area is 193 Å². The molecule has 0 aliphatic rings. The van der Waals surface area contributed by atoms with Crippen molar-refractivity contribution in [2.24, 2.45) is 0 Å². The zero-order valence-electron chi connectivity index (χ0n) is 20.4. The van der Waals surface area contributed by atoms with Gasteiger partial charge in [-0.05, 0) is 64.8 Å². The smallest absolute Gasteiger partial charge is 0.407 e. The second kappa shape index (κ2) is 14.3. The second-order valence-electron chi connectivity index (χ2n) is 9.61. The average molecular weight is 453 g/mol. The molecule has 0 fully saturated rings. The van der Waals surface area contributed by atoms with Crippen molar-refractivity contribution in [2.75, 3.05) is 13.1 Å². The summed E-state index contributed by atoms with van der Waals surface area (Å²) in [5.41, 5.74) is -0.616. The number of hydrogen-bond acceptors (Lipinski definition) is 6. The molecule has 0 aliphatic carbocycles. The standard InChI is InChI=1S/C25H44N2O5/c1-24(2,3)32-23(30)26-16-12-10-8-6-5-7-9-11-13-17-27-25(4,31)21-14-15-22(29)20(18-21)19-28/h14-15,18,27-29,31H,5-13,16-17,19H2,1-4H3,(H,26,30)/t25-/m0/s1. The Morgan fingerprint density at radius 3 is 1.97 bits per heavy atom. The number of rotatable bonds is 15. The van der Waals surface area contributed by atoms with Crippen LogP contribution in [0.5, 0.6) is 5.75 Å². The van der Waals surface area contributed by atoms with Crippen molar-refractivity contribution < 1.29 is 24.9 Å². The van der Waals surface area contributed by atoms with Crippen LogP contribution >= 0.6 is 0 Å². The number of amides is 1. The first-order valence-electron chi connectivity index (χ1n) is 11.9. The lowest BCUT2D eigenvalue weighted by Crippen LogP contribution is -2.39. The number of aliphatic hydroxyl groups excluding tert-OH is 1. The van der Waals surface area contributed by atoms with Crippen molar-refractivity contribution >= 4 is 6.09 Å². The molecule has 0 spiro atoms. The zero-order valence-corrected chi connectivity index (χ0v) is 20.4. The number of alkyl carbamates (subject to hydrolysis) is 1. The monoisotopic (exact) mass is 452 g/mol. The molecule has 7 heteroatoms. The maximum absolute atomic E-state index is 11.5. The van der Waals surface area contributed by atoms with Crippen LogP contribution in [0.15, 0.2) is 18.2 Å². The van der Waals surface area contributed by atoms with Gasteiger partial charge in [0.05, 0.1) is 6.61 Å². The number of hydrogen-bond donors (Lipinski definition) is 5. The lowest BCUT2D eigenvalue weighted by molar-refractivity contribution is 0.0196. The van der Waals surface area contributed by atoms with Crippen LogP contribution in [0, 0.1) is 0 Å². The van der Waals surface area contributed by atoms with Crippen molar-refractivity contribution in [3.8, 4) is 5.75 Å². The SMILES string of the molecule is CC(C)(C)OC(=O)NCCCCCCCCCCCN[C@@](C)(O)c1ccc(O)c(CO)c1. The molecule has 1 amide bonds. The Bertz CT molecular complexity index is 671. The fraction of sp³-hybridized carbons (Fsp3) is 0.720. The van der Waals surface area contributed by atoms with Gasteiger partial charge < -0.3 is 25.4 Å². The van der Waals surface area contributed by atoms with E-state index < -0.39 is 11.3 Å². The van der Waals surface area contributed by atoms with E-state index in [1.807, 2.05) is 20.8 Å². The number of phenols is 1. The van der Waals surface area contributed by atoms with E-state index in [1.54, 1.807) is 19.1 Å². The average Bonchev–Trinajstić information content (AvgIpc) is 2.70. The normalized spacial score (nSPS) is 13.6. The lowest BCUT2D eigenvalue weighted by atomic mass is 10.0. The van der Waals surface area contributed by atoms with Crippen LogP contribution in [0.1, 0.15) is 96.6 Å². The molecular formula is C25H44N2O5. The predicted molar refractivity (Wildman–Crippen MR) is 127 cm³/mol. The van der Waals surface area contributed by atoms with Gasteiger partial charge in [0.25, 0.3) is 0 Å². The number of aromatic hydroxyl groups is 1. The van der Waals surface area contributed by atoms with Gasteiger partial charge in [-0.3, -0.25) is 5.32 Å². The Kier molecular flexibility index (Phi) is 12.6. The van der Waals surface area contributed by atoms with Crippen molar-refractivity contribution in [3.63, 3.8) is 0 Å². The minimum atomic E-state index is -1.20. The van der Waals surface area contributed by atoms with Crippen LogP contribution in [-0.2, 0) is 17.1 Å². The van der Waals surface area contributed by atoms with Gasteiger partial charge in [-0.1, -0.05) is 51.0 Å². The van der Waals surface area contributed by atoms with E-state index in [4.69, 9.17) is 4.74 Å². The third-order valence-electron chi connectivity index (χ3n) is 5.30. The Balaban J connectivity index is 2.00. The minimum Gasteiger partial charge on any atom is -0.508 e. The fourth-order valence-electron chi connectivity index (χ4n) is 3.44. The number of aliphatic hydroxyl groups is 2. The van der Waals surface area contributed by atoms with Crippen molar-refractivity contribution in [1.82, 2.24) is 10.6 Å². The van der Waals surface area contributed by atoms with Crippen LogP contribution in [0.3, 0.4) is 0 Å². The van der Waals surface area contributed by atoms with E-state index in [0.717, 1.165) is 25.7 Å². The third kappa shape index (κ3) is 12.3. The molecule has 0 bridgehead atoms. The van der Waals surface area contributed by atoms with Gasteiger partial charge in [-0.2, -0.15) is 0 Å². The molecule has 184 valence electrons. The van der Waals surface area contributed by atoms with Crippen molar-refractivity contribution in [2.45, 2.75) is 103 Å². The number of ether oxygens (including phenoxy) is 1. The molecule has 0 unspecified atom stereocenters. The highest BCUT2D eigenvalue weighted by molar-refractivity contribution is 5.67. The predicted octanol–water partition coefficient (Wildman–Crippen LogP) is 4.67. The topological polar surface area (TPSA) is 111 Å². The largest absolute Gasteiger partial charge is 0.508 e. The van der Waals surface area contributed by atoms with E-state index in [0.29, 0.717) is 24.2 Å². The van der Waals surface area contributed by atoms with Gasteiger partial charge in [0.1, 0.15) is 17.1 Å². The van der Waals surface area contributed by atoms with Crippen molar-refractivity contribution in [3.05, 3.63) is 29.3 Å². The molecule has 0 aliphatic heterocycles. The van der Waals surface area contributed by atoms with Crippen LogP contribution in [-0.4, -0.2) is 40.1 Å². The summed E-state index contributed by atoms with van der Waals surface area (Å²) in [4.78, 5) is 11.5. The summed E-state index contributed by atoms with van der Waals surface area (Å²) in [6.45, 7) is 8.36. The number of carbonyl (C=O) groups excluding carboxylic acids is 1. The van der Waals surface area contributed by atoms with E-state index in [-0.39, 0.29) is 18.4 Å². The molecule has 1 aromatic carbocycles. The molecule has 5 N–H and O–H groups in total. The summed E-state index contributed by atoms with van der Waals surface area (Å²) in [5.74, 6) is 0.0320. The minimum absolute atomic E-state index is 0.0320. The van der Waals surface area contributed by atoms with Gasteiger partial charge in [-0.15, -0.1) is 0 Å². The number of nitrogens with one attached hydrogen (secondary N) is 2. The number of benzene rings is 1. The molecule has 0 saturated heterocycles. The van der Waals surface area contributed by atoms with Crippen LogP contribution in [0.2, 0.25) is 0 Å². The molecule has 7 nitrogen and oxygen atoms in total. The first kappa shape index (κ1) is 28.2. The highest BCUT2D eigenvalue weighted by Crippen LogP contribution is 2.24. The number of carbonyl (C=O) groups is 1. The second-order valence-corrected chi connectivity index (χ2v) is 9.61. The fourth-order valence-corrected chi connectivity index (χ4v) is 3.44. The molecule has 0 radical (unpaired) electrons. The summed E-state index contributed by atoms with van der Waals surface area (Å²) in [5, 5.41) is 35.5. The van der Waals surface area contributed by atoms with Gasteiger partial charge in [0.15, 0.2) is 0 Å². The summed E-state index contributed by atoms with van der Waals surface area (Å²) in [7, 11) is 0. The Morgan fingerprint density at radius 1 is 0.906 bits per heavy atom. The summed E-state index contributed by atoms with van der Waals surface area (Å²) in [6, 6.07) is 4.78. The third-order valence-corrected chi connectivity index (χ3v) is 5.30. The summed E-state index contributed by atoms with van der Waals surface area (Å²) in [6.07, 6.45) is 9.86. The quantitative estimate of drug-likeness (QED) is 0.195. The summed E-state index contributed by atoms with van der Waals surface area (Å²) < 4.78 is 5.21. The maximum atomic E-state index is 11.5. The Hall–Kier alpha value is -1.83.